The number of nitrogens with zero attached hydrogens (tertiary/aromatic N) is 2. The molecule has 1 fully saturated rings. The minimum Gasteiger partial charge on any atom is -0.362 e. The maximum Gasteiger partial charge on any atom is 0.439 e. The van der Waals surface area contributed by atoms with Crippen molar-refractivity contribution in [3.05, 3.63) is 51.7 Å². The van der Waals surface area contributed by atoms with Gasteiger partial charge >= 0.3 is 6.18 Å². The summed E-state index contributed by atoms with van der Waals surface area (Å²) in [6.45, 7) is 0. The van der Waals surface area contributed by atoms with Crippen LogP contribution in [0.25, 0.3) is 0 Å². The van der Waals surface area contributed by atoms with Crippen LogP contribution in [0.4, 0.5) is 18.9 Å². The van der Waals surface area contributed by atoms with Crippen LogP contribution in [0.1, 0.15) is 36.0 Å². The molecule has 0 aromatic heterocycles. The van der Waals surface area contributed by atoms with Crippen molar-refractivity contribution in [2.75, 3.05) is 0 Å². The highest BCUT2D eigenvalue weighted by molar-refractivity contribution is 5.95. The smallest absolute Gasteiger partial charge is 0.362 e. The van der Waals surface area contributed by atoms with Crippen molar-refractivity contribution in [2.45, 2.75) is 37.6 Å². The van der Waals surface area contributed by atoms with E-state index < -0.39 is 28.6 Å². The van der Waals surface area contributed by atoms with Crippen LogP contribution in [0.5, 0.6) is 0 Å². The highest BCUT2D eigenvalue weighted by atomic mass is 19.4. The van der Waals surface area contributed by atoms with E-state index in [4.69, 9.17) is 0 Å². The van der Waals surface area contributed by atoms with Crippen molar-refractivity contribution in [1.29, 1.82) is 0 Å². The van der Waals surface area contributed by atoms with E-state index in [1.54, 1.807) is 6.08 Å². The third-order valence-electron chi connectivity index (χ3n) is 4.70. The van der Waals surface area contributed by atoms with Gasteiger partial charge in [-0.3, -0.25) is 20.3 Å². The molecule has 1 aromatic rings. The molecule has 3 rings (SSSR count). The fourth-order valence-corrected chi connectivity index (χ4v) is 3.34. The molecule has 26 heavy (non-hydrogen) atoms. The normalized spacial score (nSPS) is 25.8. The first kappa shape index (κ1) is 18.2. The monoisotopic (exact) mass is 371 g/mol. The lowest BCUT2D eigenvalue weighted by molar-refractivity contribution is -0.384. The summed E-state index contributed by atoms with van der Waals surface area (Å²) < 4.78 is 41.2. The average molecular weight is 371 g/mol. The highest BCUT2D eigenvalue weighted by Gasteiger charge is 2.68. The SMILES string of the molecule is O=C(c1ccc([N+](=O)[O-])cc1)N1NC2=CCCCCC2C1(O)C(F)(F)F. The van der Waals surface area contributed by atoms with Gasteiger partial charge in [0.05, 0.1) is 10.8 Å². The number of rotatable bonds is 2. The fraction of sp³-hybridized carbons (Fsp3) is 0.438. The van der Waals surface area contributed by atoms with Crippen LogP contribution in [0.3, 0.4) is 0 Å². The highest BCUT2D eigenvalue weighted by Crippen LogP contribution is 2.48. The predicted molar refractivity (Wildman–Crippen MR) is 83.4 cm³/mol. The number of amides is 1. The lowest BCUT2D eigenvalue weighted by atomic mass is 9.89. The van der Waals surface area contributed by atoms with Crippen molar-refractivity contribution in [3.8, 4) is 0 Å². The van der Waals surface area contributed by atoms with Gasteiger partial charge in [0.2, 0.25) is 0 Å². The number of aliphatic hydroxyl groups is 1. The van der Waals surface area contributed by atoms with E-state index in [0.29, 0.717) is 19.3 Å². The second-order valence-corrected chi connectivity index (χ2v) is 6.28. The lowest BCUT2D eigenvalue weighted by Crippen LogP contribution is -2.62. The zero-order valence-electron chi connectivity index (χ0n) is 13.5. The molecule has 2 unspecified atom stereocenters. The zero-order chi connectivity index (χ0) is 19.1. The molecular formula is C16H16F3N3O4. The van der Waals surface area contributed by atoms with Crippen molar-refractivity contribution in [1.82, 2.24) is 10.4 Å². The Morgan fingerprint density at radius 2 is 1.96 bits per heavy atom. The van der Waals surface area contributed by atoms with Crippen LogP contribution >= 0.6 is 0 Å². The van der Waals surface area contributed by atoms with E-state index in [-0.39, 0.29) is 28.4 Å². The van der Waals surface area contributed by atoms with Gasteiger partial charge < -0.3 is 5.11 Å². The Hall–Kier alpha value is -2.62. The molecule has 1 aromatic carbocycles. The van der Waals surface area contributed by atoms with Crippen molar-refractivity contribution < 1.29 is 28.0 Å². The Morgan fingerprint density at radius 1 is 1.31 bits per heavy atom. The first-order valence-electron chi connectivity index (χ1n) is 8.01. The number of carbonyl (C=O) groups is 1. The molecule has 0 radical (unpaired) electrons. The summed E-state index contributed by atoms with van der Waals surface area (Å²) in [7, 11) is 0. The summed E-state index contributed by atoms with van der Waals surface area (Å²) in [5.41, 5.74) is -1.32. The predicted octanol–water partition coefficient (Wildman–Crippen LogP) is 2.88. The Kier molecular flexibility index (Phi) is 4.39. The van der Waals surface area contributed by atoms with Gasteiger partial charge in [-0.25, -0.2) is 5.01 Å². The maximum absolute atomic E-state index is 13.7. The third kappa shape index (κ3) is 2.79. The Labute approximate surface area is 146 Å². The molecule has 1 aliphatic carbocycles. The molecule has 1 heterocycles. The first-order chi connectivity index (χ1) is 12.2. The molecule has 7 nitrogen and oxygen atoms in total. The zero-order valence-corrected chi connectivity index (χ0v) is 13.5. The number of halogens is 3. The van der Waals surface area contributed by atoms with Gasteiger partial charge in [0.25, 0.3) is 17.3 Å². The maximum atomic E-state index is 13.7. The van der Waals surface area contributed by atoms with Crippen LogP contribution in [-0.4, -0.2) is 32.8 Å². The molecular weight excluding hydrogens is 355 g/mol. The molecule has 2 N–H and O–H groups in total. The van der Waals surface area contributed by atoms with Crippen molar-refractivity contribution >= 4 is 11.6 Å². The van der Waals surface area contributed by atoms with Crippen LogP contribution in [0.15, 0.2) is 36.0 Å². The summed E-state index contributed by atoms with van der Waals surface area (Å²) in [5, 5.41) is 21.4. The molecule has 1 amide bonds. The summed E-state index contributed by atoms with van der Waals surface area (Å²) in [4.78, 5) is 22.6. The second kappa shape index (κ2) is 6.27. The molecule has 0 spiro atoms. The van der Waals surface area contributed by atoms with Crippen LogP contribution in [0.2, 0.25) is 0 Å². The fourth-order valence-electron chi connectivity index (χ4n) is 3.34. The molecule has 0 saturated carbocycles. The molecule has 2 atom stereocenters. The van der Waals surface area contributed by atoms with E-state index in [9.17, 15) is 33.2 Å². The number of hydrogen-bond donors (Lipinski definition) is 2. The van der Waals surface area contributed by atoms with Crippen LogP contribution < -0.4 is 5.43 Å². The van der Waals surface area contributed by atoms with Crippen LogP contribution in [-0.2, 0) is 0 Å². The van der Waals surface area contributed by atoms with E-state index >= 15 is 0 Å². The summed E-state index contributed by atoms with van der Waals surface area (Å²) >= 11 is 0. The average Bonchev–Trinajstić information content (AvgIpc) is 2.74. The summed E-state index contributed by atoms with van der Waals surface area (Å²) in [5.74, 6) is -2.42. The van der Waals surface area contributed by atoms with Crippen molar-refractivity contribution in [2.24, 2.45) is 5.92 Å². The Bertz CT molecular complexity index is 763. The molecule has 1 saturated heterocycles. The number of fused-ring (bicyclic) bond motifs is 1. The largest absolute Gasteiger partial charge is 0.439 e. The minimum absolute atomic E-state index is 0.0822. The standard InChI is InChI=1S/C16H16F3N3O4/c17-16(18,19)15(24)12-4-2-1-3-5-13(12)20-21(15)14(23)10-6-8-11(9-7-10)22(25)26/h5-9,12,20,24H,1-4H2. The van der Waals surface area contributed by atoms with E-state index in [1.807, 2.05) is 0 Å². The van der Waals surface area contributed by atoms with E-state index in [0.717, 1.165) is 24.3 Å². The van der Waals surface area contributed by atoms with Gasteiger partial charge in [0.15, 0.2) is 0 Å². The quantitative estimate of drug-likeness (QED) is 0.616. The number of nitrogens with one attached hydrogen (secondary N) is 1. The minimum atomic E-state index is -5.08. The van der Waals surface area contributed by atoms with E-state index in [2.05, 4.69) is 5.43 Å². The number of nitro benzene ring substituents is 1. The number of alkyl halides is 3. The number of non-ortho nitro benzene ring substituents is 1. The summed E-state index contributed by atoms with van der Waals surface area (Å²) in [6.07, 6.45) is -1.69. The van der Waals surface area contributed by atoms with Gasteiger partial charge in [-0.05, 0) is 31.4 Å². The van der Waals surface area contributed by atoms with Crippen LogP contribution in [0, 0.1) is 16.0 Å². The van der Waals surface area contributed by atoms with Gasteiger partial charge in [0, 0.05) is 23.4 Å². The number of hydrogen-bond acceptors (Lipinski definition) is 5. The Balaban J connectivity index is 2.00. The Morgan fingerprint density at radius 3 is 2.54 bits per heavy atom. The van der Waals surface area contributed by atoms with Gasteiger partial charge in [-0.2, -0.15) is 13.2 Å². The van der Waals surface area contributed by atoms with Crippen molar-refractivity contribution in [3.63, 3.8) is 0 Å². The van der Waals surface area contributed by atoms with E-state index in [1.165, 1.54) is 0 Å². The molecule has 2 aliphatic rings. The second-order valence-electron chi connectivity index (χ2n) is 6.28. The molecule has 0 bridgehead atoms. The number of carbonyl (C=O) groups excluding carboxylic acids is 1. The third-order valence-corrected chi connectivity index (χ3v) is 4.70. The van der Waals surface area contributed by atoms with Gasteiger partial charge in [0.1, 0.15) is 0 Å². The lowest BCUT2D eigenvalue weighted by Gasteiger charge is -2.36. The molecule has 1 aliphatic heterocycles. The number of allylic oxidation sites excluding steroid dienone is 1. The number of nitro groups is 1. The molecule has 140 valence electrons. The molecule has 10 heteroatoms. The topological polar surface area (TPSA) is 95.7 Å². The first-order valence-corrected chi connectivity index (χ1v) is 8.01. The van der Waals surface area contributed by atoms with Gasteiger partial charge in [-0.15, -0.1) is 0 Å². The number of benzene rings is 1. The van der Waals surface area contributed by atoms with Gasteiger partial charge in [-0.1, -0.05) is 12.5 Å². The number of hydrazine groups is 1. The summed E-state index contributed by atoms with van der Waals surface area (Å²) in [6, 6.07) is 4.16.